The van der Waals surface area contributed by atoms with E-state index in [0.717, 1.165) is 25.2 Å². The Bertz CT molecular complexity index is 1600. The molecule has 3 N–H and O–H groups in total. The van der Waals surface area contributed by atoms with Gasteiger partial charge in [0.05, 0.1) is 30.2 Å². The number of hydrogen-bond donors (Lipinski definition) is 3. The van der Waals surface area contributed by atoms with Crippen LogP contribution in [0.1, 0.15) is 16.7 Å². The number of alkyl halides is 3. The summed E-state index contributed by atoms with van der Waals surface area (Å²) in [5.74, 6) is -0.257. The summed E-state index contributed by atoms with van der Waals surface area (Å²) in [5, 5.41) is 11.1. The van der Waals surface area contributed by atoms with Crippen LogP contribution < -0.4 is 4.72 Å². The van der Waals surface area contributed by atoms with E-state index in [1.54, 1.807) is 29.0 Å². The van der Waals surface area contributed by atoms with E-state index in [2.05, 4.69) is 9.88 Å². The molecule has 1 saturated heterocycles. The van der Waals surface area contributed by atoms with Gasteiger partial charge in [0.25, 0.3) is 0 Å². The summed E-state index contributed by atoms with van der Waals surface area (Å²) in [4.78, 5) is 9.89. The SMILES string of the molecule is O=S(=O)(Nc1ccc2[nH]c(O)c(C(=Nc3ccc(CN4CCOCC4)cc3)c3ccccc3)c2c1)C(F)(F)F. The first kappa shape index (κ1) is 26.7. The van der Waals surface area contributed by atoms with E-state index in [1.165, 1.54) is 18.2 Å². The van der Waals surface area contributed by atoms with Gasteiger partial charge in [0.1, 0.15) is 0 Å². The van der Waals surface area contributed by atoms with Crippen LogP contribution in [0.3, 0.4) is 0 Å². The van der Waals surface area contributed by atoms with Crippen LogP contribution in [-0.4, -0.2) is 60.9 Å². The van der Waals surface area contributed by atoms with E-state index >= 15 is 0 Å². The second-order valence-corrected chi connectivity index (χ2v) is 10.7. The number of aliphatic imine (C=N–C) groups is 1. The maximum Gasteiger partial charge on any atom is 0.516 e. The van der Waals surface area contributed by atoms with E-state index in [1.807, 2.05) is 30.3 Å². The van der Waals surface area contributed by atoms with E-state index in [4.69, 9.17) is 9.73 Å². The Morgan fingerprint density at radius 3 is 2.38 bits per heavy atom. The molecule has 0 saturated carbocycles. The van der Waals surface area contributed by atoms with E-state index in [0.29, 0.717) is 41.1 Å². The number of hydrogen-bond acceptors (Lipinski definition) is 6. The number of aromatic amines is 1. The molecule has 0 radical (unpaired) electrons. The van der Waals surface area contributed by atoms with Gasteiger partial charge in [0, 0.05) is 41.8 Å². The molecule has 0 amide bonds. The summed E-state index contributed by atoms with van der Waals surface area (Å²) in [7, 11) is -5.62. The average molecular weight is 559 g/mol. The normalized spacial score (nSPS) is 15.5. The predicted molar refractivity (Wildman–Crippen MR) is 143 cm³/mol. The van der Waals surface area contributed by atoms with Gasteiger partial charge in [-0.3, -0.25) is 9.62 Å². The predicted octanol–water partition coefficient (Wildman–Crippen LogP) is 5.14. The van der Waals surface area contributed by atoms with Crippen molar-refractivity contribution in [3.8, 4) is 5.88 Å². The van der Waals surface area contributed by atoms with E-state index in [9.17, 15) is 26.7 Å². The van der Waals surface area contributed by atoms with Crippen molar-refractivity contribution in [2.24, 2.45) is 4.99 Å². The molecule has 0 atom stereocenters. The fourth-order valence-electron chi connectivity index (χ4n) is 4.38. The second kappa shape index (κ2) is 10.7. The van der Waals surface area contributed by atoms with Crippen LogP contribution in [-0.2, 0) is 21.3 Å². The minimum atomic E-state index is -5.62. The van der Waals surface area contributed by atoms with Gasteiger partial charge >= 0.3 is 15.5 Å². The fourth-order valence-corrected chi connectivity index (χ4v) is 4.93. The van der Waals surface area contributed by atoms with Crippen molar-refractivity contribution in [1.29, 1.82) is 0 Å². The first-order valence-electron chi connectivity index (χ1n) is 12.1. The van der Waals surface area contributed by atoms with E-state index < -0.39 is 15.5 Å². The van der Waals surface area contributed by atoms with Crippen LogP contribution >= 0.6 is 0 Å². The summed E-state index contributed by atoms with van der Waals surface area (Å²) in [6.07, 6.45) is 0. The highest BCUT2D eigenvalue weighted by Gasteiger charge is 2.46. The summed E-state index contributed by atoms with van der Waals surface area (Å²) in [6, 6.07) is 20.4. The zero-order chi connectivity index (χ0) is 27.6. The van der Waals surface area contributed by atoms with Crippen molar-refractivity contribution in [2.45, 2.75) is 12.1 Å². The smallest absolute Gasteiger partial charge is 0.494 e. The van der Waals surface area contributed by atoms with Crippen LogP contribution in [0.2, 0.25) is 0 Å². The Morgan fingerprint density at radius 2 is 1.72 bits per heavy atom. The molecule has 0 spiro atoms. The first-order valence-corrected chi connectivity index (χ1v) is 13.6. The van der Waals surface area contributed by atoms with Crippen molar-refractivity contribution >= 4 is 38.0 Å². The molecule has 1 aromatic heterocycles. The van der Waals surface area contributed by atoms with Crippen LogP contribution in [0, 0.1) is 0 Å². The molecule has 5 rings (SSSR count). The third kappa shape index (κ3) is 5.92. The summed E-state index contributed by atoms with van der Waals surface area (Å²) >= 11 is 0. The lowest BCUT2D eigenvalue weighted by Crippen LogP contribution is -2.35. The zero-order valence-electron chi connectivity index (χ0n) is 20.6. The van der Waals surface area contributed by atoms with Gasteiger partial charge in [-0.05, 0) is 35.9 Å². The topological polar surface area (TPSA) is 107 Å². The maximum atomic E-state index is 12.9. The molecule has 0 unspecified atom stereocenters. The molecule has 1 aliphatic rings. The van der Waals surface area contributed by atoms with Crippen molar-refractivity contribution in [3.63, 3.8) is 0 Å². The molecule has 0 aliphatic carbocycles. The number of H-pyrrole nitrogens is 1. The molecule has 8 nitrogen and oxygen atoms in total. The largest absolute Gasteiger partial charge is 0.516 e. The van der Waals surface area contributed by atoms with Gasteiger partial charge in [0.15, 0.2) is 5.88 Å². The Hall–Kier alpha value is -3.87. The highest BCUT2D eigenvalue weighted by molar-refractivity contribution is 7.93. The first-order chi connectivity index (χ1) is 18.6. The highest BCUT2D eigenvalue weighted by Crippen LogP contribution is 2.34. The lowest BCUT2D eigenvalue weighted by molar-refractivity contribution is -0.0429. The number of aromatic nitrogens is 1. The van der Waals surface area contributed by atoms with Crippen LogP contribution in [0.4, 0.5) is 24.5 Å². The quantitative estimate of drug-likeness (QED) is 0.273. The molecule has 39 heavy (non-hydrogen) atoms. The Balaban J connectivity index is 1.55. The number of nitrogens with one attached hydrogen (secondary N) is 2. The Labute approximate surface area is 222 Å². The maximum absolute atomic E-state index is 12.9. The molecule has 204 valence electrons. The fraction of sp³-hybridized carbons (Fsp3) is 0.222. The third-order valence-electron chi connectivity index (χ3n) is 6.31. The van der Waals surface area contributed by atoms with Crippen molar-refractivity contribution in [2.75, 3.05) is 31.0 Å². The van der Waals surface area contributed by atoms with Crippen LogP contribution in [0.5, 0.6) is 5.88 Å². The molecule has 2 heterocycles. The average Bonchev–Trinajstić information content (AvgIpc) is 3.23. The number of morpholine rings is 1. The number of sulfonamides is 1. The summed E-state index contributed by atoms with van der Waals surface area (Å²) < 4.78 is 69.1. The molecule has 3 aromatic carbocycles. The highest BCUT2D eigenvalue weighted by atomic mass is 32.2. The molecule has 0 bridgehead atoms. The number of nitrogens with zero attached hydrogens (tertiary/aromatic N) is 2. The zero-order valence-corrected chi connectivity index (χ0v) is 21.4. The minimum Gasteiger partial charge on any atom is -0.494 e. The van der Waals surface area contributed by atoms with Gasteiger partial charge in [-0.25, -0.2) is 4.99 Å². The molecular weight excluding hydrogens is 533 g/mol. The van der Waals surface area contributed by atoms with Gasteiger partial charge < -0.3 is 14.8 Å². The molecule has 1 fully saturated rings. The lowest BCUT2D eigenvalue weighted by atomic mass is 10.0. The van der Waals surface area contributed by atoms with Crippen LogP contribution in [0.25, 0.3) is 10.9 Å². The van der Waals surface area contributed by atoms with Crippen LogP contribution in [0.15, 0.2) is 77.8 Å². The standard InChI is InChI=1S/C27H25F3N4O4S/c28-27(29,30)39(36,37)33-21-10-11-23-22(16-21)24(26(35)32-23)25(19-4-2-1-3-5-19)31-20-8-6-18(7-9-20)17-34-12-14-38-15-13-34/h1-11,16,32-33,35H,12-15,17H2. The van der Waals surface area contributed by atoms with Gasteiger partial charge in [0.2, 0.25) is 0 Å². The Kier molecular flexibility index (Phi) is 7.34. The lowest BCUT2D eigenvalue weighted by Gasteiger charge is -2.26. The number of ether oxygens (including phenoxy) is 1. The number of anilines is 1. The van der Waals surface area contributed by atoms with E-state index in [-0.39, 0.29) is 17.1 Å². The molecular formula is C27H25F3N4O4S. The monoisotopic (exact) mass is 558 g/mol. The molecule has 4 aromatic rings. The summed E-state index contributed by atoms with van der Waals surface area (Å²) in [5.41, 5.74) is -2.46. The summed E-state index contributed by atoms with van der Waals surface area (Å²) in [6.45, 7) is 3.91. The van der Waals surface area contributed by atoms with Gasteiger partial charge in [-0.1, -0.05) is 42.5 Å². The minimum absolute atomic E-state index is 0.224. The van der Waals surface area contributed by atoms with Crippen molar-refractivity contribution in [1.82, 2.24) is 9.88 Å². The second-order valence-electron chi connectivity index (χ2n) is 9.04. The molecule has 1 aliphatic heterocycles. The van der Waals surface area contributed by atoms with Gasteiger partial charge in [-0.2, -0.15) is 21.6 Å². The van der Waals surface area contributed by atoms with Crippen molar-refractivity contribution in [3.05, 3.63) is 89.5 Å². The number of rotatable bonds is 7. The number of halogens is 3. The number of fused-ring (bicyclic) bond motifs is 1. The van der Waals surface area contributed by atoms with Gasteiger partial charge in [-0.15, -0.1) is 0 Å². The third-order valence-corrected chi connectivity index (χ3v) is 7.42. The van der Waals surface area contributed by atoms with Crippen molar-refractivity contribution < 1.29 is 31.4 Å². The number of aromatic hydroxyl groups is 1. The molecule has 12 heteroatoms. The Morgan fingerprint density at radius 1 is 1.03 bits per heavy atom. The number of benzene rings is 3.